The highest BCUT2D eigenvalue weighted by atomic mass is 16.6. The molecule has 0 saturated carbocycles. The van der Waals surface area contributed by atoms with E-state index in [1.165, 1.54) is 6.26 Å². The molecule has 1 saturated heterocycles. The summed E-state index contributed by atoms with van der Waals surface area (Å²) in [4.78, 5) is 0. The van der Waals surface area contributed by atoms with Gasteiger partial charge in [-0.05, 0) is 0 Å². The number of hydrogen-bond acceptors (Lipinski definition) is 4. The molecule has 4 heteroatoms. The lowest BCUT2D eigenvalue weighted by Gasteiger charge is -1.90. The van der Waals surface area contributed by atoms with Crippen molar-refractivity contribution in [2.24, 2.45) is 0 Å². The molecule has 66 valence electrons. The van der Waals surface area contributed by atoms with E-state index in [9.17, 15) is 0 Å². The molecule has 0 aliphatic carbocycles. The summed E-state index contributed by atoms with van der Waals surface area (Å²) in [6, 6.07) is 0. The van der Waals surface area contributed by atoms with Crippen molar-refractivity contribution in [2.75, 3.05) is 26.4 Å². The van der Waals surface area contributed by atoms with Gasteiger partial charge in [-0.3, -0.25) is 0 Å². The minimum Gasteiger partial charge on any atom is -0.499 e. The molecule has 0 aromatic carbocycles. The monoisotopic (exact) mass is 162 g/mol. The third-order valence-electron chi connectivity index (χ3n) is 0.902. The fraction of sp³-hybridized carbons (Fsp3) is 0.714. The molecule has 0 amide bonds. The second-order valence-electron chi connectivity index (χ2n) is 1.90. The Morgan fingerprint density at radius 2 is 2.09 bits per heavy atom. The summed E-state index contributed by atoms with van der Waals surface area (Å²) in [5.41, 5.74) is 0. The van der Waals surface area contributed by atoms with Crippen LogP contribution in [0.25, 0.3) is 0 Å². The third kappa shape index (κ3) is 9.42. The summed E-state index contributed by atoms with van der Waals surface area (Å²) < 4.78 is 9.63. The van der Waals surface area contributed by atoms with Crippen LogP contribution in [0.4, 0.5) is 0 Å². The summed E-state index contributed by atoms with van der Waals surface area (Å²) in [6.45, 7) is 4.66. The Morgan fingerprint density at radius 1 is 1.55 bits per heavy atom. The molecule has 1 rings (SSSR count). The van der Waals surface area contributed by atoms with Crippen LogP contribution in [0.3, 0.4) is 0 Å². The van der Waals surface area contributed by atoms with Gasteiger partial charge in [0.25, 0.3) is 0 Å². The van der Waals surface area contributed by atoms with Gasteiger partial charge in [-0.15, -0.1) is 0 Å². The Bertz CT molecular complexity index is 88.4. The van der Waals surface area contributed by atoms with Crippen LogP contribution in [0, 0.1) is 0 Å². The third-order valence-corrected chi connectivity index (χ3v) is 0.902. The van der Waals surface area contributed by atoms with Gasteiger partial charge in [0.2, 0.25) is 0 Å². The van der Waals surface area contributed by atoms with Crippen LogP contribution in [0.15, 0.2) is 12.8 Å². The van der Waals surface area contributed by atoms with E-state index >= 15 is 0 Å². The first-order valence-corrected chi connectivity index (χ1v) is 3.41. The molecule has 0 spiro atoms. The first kappa shape index (κ1) is 10.4. The lowest BCUT2D eigenvalue weighted by Crippen LogP contribution is -1.94. The zero-order valence-corrected chi connectivity index (χ0v) is 6.40. The van der Waals surface area contributed by atoms with Crippen molar-refractivity contribution >= 4 is 0 Å². The Labute approximate surface area is 66.1 Å². The number of epoxide rings is 1. The normalized spacial score (nSPS) is 19.6. The van der Waals surface area contributed by atoms with Crippen molar-refractivity contribution in [1.82, 2.24) is 0 Å². The van der Waals surface area contributed by atoms with Crippen LogP contribution in [0.5, 0.6) is 0 Å². The molecular formula is C7H14O4. The van der Waals surface area contributed by atoms with Gasteiger partial charge in [0.15, 0.2) is 0 Å². The summed E-state index contributed by atoms with van der Waals surface area (Å²) in [5, 5.41) is 15.2. The van der Waals surface area contributed by atoms with E-state index < -0.39 is 0 Å². The van der Waals surface area contributed by atoms with Crippen LogP contribution in [0.1, 0.15) is 0 Å². The fourth-order valence-corrected chi connectivity index (χ4v) is 0.340. The molecule has 1 atom stereocenters. The van der Waals surface area contributed by atoms with Crippen molar-refractivity contribution < 1.29 is 19.7 Å². The second-order valence-corrected chi connectivity index (χ2v) is 1.90. The Morgan fingerprint density at radius 3 is 2.36 bits per heavy atom. The van der Waals surface area contributed by atoms with Gasteiger partial charge in [0.1, 0.15) is 12.7 Å². The average Bonchev–Trinajstić information content (AvgIpc) is 2.85. The number of aliphatic hydroxyl groups excluding tert-OH is 2. The van der Waals surface area contributed by atoms with E-state index in [0.29, 0.717) is 12.7 Å². The van der Waals surface area contributed by atoms with E-state index in [2.05, 4.69) is 6.58 Å². The van der Waals surface area contributed by atoms with E-state index in [1.54, 1.807) is 0 Å². The van der Waals surface area contributed by atoms with E-state index in [-0.39, 0.29) is 13.2 Å². The Kier molecular flexibility index (Phi) is 7.13. The quantitative estimate of drug-likeness (QED) is 0.433. The van der Waals surface area contributed by atoms with Crippen molar-refractivity contribution in [3.05, 3.63) is 12.8 Å². The molecule has 0 bridgehead atoms. The van der Waals surface area contributed by atoms with Gasteiger partial charge in [-0.2, -0.15) is 0 Å². The van der Waals surface area contributed by atoms with Gasteiger partial charge in [0.05, 0.1) is 26.1 Å². The van der Waals surface area contributed by atoms with Crippen molar-refractivity contribution in [3.63, 3.8) is 0 Å². The number of aliphatic hydroxyl groups is 2. The minimum absolute atomic E-state index is 0.125. The maximum atomic E-state index is 7.62. The second kappa shape index (κ2) is 7.53. The minimum atomic E-state index is -0.125. The van der Waals surface area contributed by atoms with Crippen LogP contribution >= 0.6 is 0 Å². The maximum Gasteiger partial charge on any atom is 0.116 e. The summed E-state index contributed by atoms with van der Waals surface area (Å²) in [5.74, 6) is 0. The van der Waals surface area contributed by atoms with Gasteiger partial charge < -0.3 is 19.7 Å². The average molecular weight is 162 g/mol. The van der Waals surface area contributed by atoms with Gasteiger partial charge in [0, 0.05) is 0 Å². The van der Waals surface area contributed by atoms with Crippen LogP contribution in [0.2, 0.25) is 0 Å². The van der Waals surface area contributed by atoms with Crippen LogP contribution in [-0.2, 0) is 9.47 Å². The highest BCUT2D eigenvalue weighted by Crippen LogP contribution is 2.07. The molecular weight excluding hydrogens is 148 g/mol. The summed E-state index contributed by atoms with van der Waals surface area (Å²) >= 11 is 0. The molecule has 4 nitrogen and oxygen atoms in total. The Hall–Kier alpha value is -0.580. The van der Waals surface area contributed by atoms with Gasteiger partial charge in [-0.25, -0.2) is 0 Å². The topological polar surface area (TPSA) is 62.2 Å². The summed E-state index contributed by atoms with van der Waals surface area (Å²) in [6.07, 6.45) is 1.79. The molecule has 1 aliphatic heterocycles. The zero-order valence-electron chi connectivity index (χ0n) is 6.40. The predicted molar refractivity (Wildman–Crippen MR) is 40.1 cm³/mol. The number of hydrogen-bond donors (Lipinski definition) is 2. The smallest absolute Gasteiger partial charge is 0.116 e. The molecule has 1 aliphatic rings. The fourth-order valence-electron chi connectivity index (χ4n) is 0.340. The molecule has 2 N–H and O–H groups in total. The SMILES string of the molecule is C=COCC1CO1.OCCO. The maximum absolute atomic E-state index is 7.62. The first-order chi connectivity index (χ1) is 5.35. The molecule has 0 aromatic rings. The summed E-state index contributed by atoms with van der Waals surface area (Å²) in [7, 11) is 0. The van der Waals surface area contributed by atoms with Gasteiger partial charge in [-0.1, -0.05) is 6.58 Å². The van der Waals surface area contributed by atoms with E-state index in [4.69, 9.17) is 19.7 Å². The molecule has 1 fully saturated rings. The molecule has 1 heterocycles. The van der Waals surface area contributed by atoms with E-state index in [1.807, 2.05) is 0 Å². The molecule has 0 radical (unpaired) electrons. The highest BCUT2D eigenvalue weighted by molar-refractivity contribution is 4.68. The van der Waals surface area contributed by atoms with Crippen molar-refractivity contribution in [2.45, 2.75) is 6.10 Å². The van der Waals surface area contributed by atoms with Crippen molar-refractivity contribution in [3.8, 4) is 0 Å². The molecule has 0 aromatic heterocycles. The number of ether oxygens (including phenoxy) is 2. The lowest BCUT2D eigenvalue weighted by atomic mass is 10.5. The number of rotatable bonds is 4. The van der Waals surface area contributed by atoms with Crippen LogP contribution in [-0.4, -0.2) is 42.7 Å². The van der Waals surface area contributed by atoms with Crippen molar-refractivity contribution in [1.29, 1.82) is 0 Å². The molecule has 11 heavy (non-hydrogen) atoms. The standard InChI is InChI=1S/C5H8O2.C2H6O2/c1-2-6-3-5-4-7-5;3-1-2-4/h2,5H,1,3-4H2;3-4H,1-2H2. The van der Waals surface area contributed by atoms with E-state index in [0.717, 1.165) is 6.61 Å². The lowest BCUT2D eigenvalue weighted by molar-refractivity contribution is 0.186. The van der Waals surface area contributed by atoms with Crippen LogP contribution < -0.4 is 0 Å². The predicted octanol–water partition coefficient (Wildman–Crippen LogP) is -0.484. The Balaban J connectivity index is 0.000000218. The largest absolute Gasteiger partial charge is 0.499 e. The molecule has 1 unspecified atom stereocenters. The first-order valence-electron chi connectivity index (χ1n) is 3.41. The van der Waals surface area contributed by atoms with Gasteiger partial charge >= 0.3 is 0 Å². The zero-order chi connectivity index (χ0) is 8.53. The highest BCUT2D eigenvalue weighted by Gasteiger charge is 2.21.